The average molecular weight is 660 g/mol. The molecule has 252 valence electrons. The van der Waals surface area contributed by atoms with E-state index in [2.05, 4.69) is 47.0 Å². The first-order chi connectivity index (χ1) is 22.5. The molecule has 1 saturated carbocycles. The third-order valence-corrected chi connectivity index (χ3v) is 10.9. The van der Waals surface area contributed by atoms with Gasteiger partial charge in [-0.15, -0.1) is 0 Å². The van der Waals surface area contributed by atoms with Crippen LogP contribution in [0.1, 0.15) is 76.0 Å². The summed E-state index contributed by atoms with van der Waals surface area (Å²) in [6.45, 7) is 13.0. The molecular weight excluding hydrogens is 611 g/mol. The maximum atomic E-state index is 13.4. The Kier molecular flexibility index (Phi) is 10.0. The van der Waals surface area contributed by atoms with E-state index in [1.54, 1.807) is 0 Å². The monoisotopic (exact) mass is 659 g/mol. The number of carbonyl (C=O) groups is 1. The molecule has 0 spiro atoms. The molecule has 47 heavy (non-hydrogen) atoms. The lowest BCUT2D eigenvalue weighted by molar-refractivity contribution is 0.0329. The molecule has 6 rings (SSSR count). The number of nitrogens with one attached hydrogen (secondary N) is 2. The number of fused-ring (bicyclic) bond motifs is 5. The standard InChI is InChI=1S/C37H49N5O4S/c1-25-10-8-11-26(2)33(25)31-21-32-39-34(38-31)41-47(44)30-13-9-12-27(20-30)14-15-28-16-19-42(22-29(28)23-45-32)24-37(17-6-7-18-37)40-35(43)46-36(3,4)5/h8-13,20-21,28-29H,6-7,14-19,22-24H2,1-5H3,(H,40,43)(H,38,39,41)/t28?,29-,47?/m1/s1. The largest absolute Gasteiger partial charge is 0.588 e. The number of piperidine rings is 1. The van der Waals surface area contributed by atoms with Gasteiger partial charge < -0.3 is 24.2 Å². The van der Waals surface area contributed by atoms with Crippen LogP contribution in [0.3, 0.4) is 0 Å². The first-order valence-electron chi connectivity index (χ1n) is 17.0. The molecule has 10 heteroatoms. The molecule has 3 heterocycles. The highest BCUT2D eigenvalue weighted by Gasteiger charge is 2.40. The van der Waals surface area contributed by atoms with Crippen LogP contribution in [-0.4, -0.2) is 62.9 Å². The number of aryl methyl sites for hydroxylation is 3. The van der Waals surface area contributed by atoms with Gasteiger partial charge in [0, 0.05) is 30.6 Å². The summed E-state index contributed by atoms with van der Waals surface area (Å²) in [4.78, 5) is 25.6. The van der Waals surface area contributed by atoms with Crippen LogP contribution in [0.5, 0.6) is 5.88 Å². The van der Waals surface area contributed by atoms with E-state index in [0.717, 1.165) is 87.0 Å². The summed E-state index contributed by atoms with van der Waals surface area (Å²) in [6.07, 6.45) is 6.79. The average Bonchev–Trinajstić information content (AvgIpc) is 3.45. The summed E-state index contributed by atoms with van der Waals surface area (Å²) in [5.41, 5.74) is 4.34. The lowest BCUT2D eigenvalue weighted by Gasteiger charge is -2.43. The van der Waals surface area contributed by atoms with E-state index in [0.29, 0.717) is 23.3 Å². The van der Waals surface area contributed by atoms with Gasteiger partial charge in [-0.3, -0.25) is 0 Å². The number of rotatable bonds is 4. The van der Waals surface area contributed by atoms with Gasteiger partial charge in [0.1, 0.15) is 17.0 Å². The van der Waals surface area contributed by atoms with Gasteiger partial charge in [-0.05, 0) is 108 Å². The summed E-state index contributed by atoms with van der Waals surface area (Å²) in [6, 6.07) is 16.1. The zero-order valence-electron chi connectivity index (χ0n) is 28.4. The number of anilines is 1. The van der Waals surface area contributed by atoms with Crippen molar-refractivity contribution in [1.29, 1.82) is 0 Å². The second kappa shape index (κ2) is 14.0. The molecule has 2 unspecified atom stereocenters. The third-order valence-electron chi connectivity index (χ3n) is 9.81. The Morgan fingerprint density at radius 1 is 1.09 bits per heavy atom. The fourth-order valence-corrected chi connectivity index (χ4v) is 8.42. The SMILES string of the molecule is Cc1cccc(C)c1-c1cc2nc(n1)N[S+]([O-])c1cccc(c1)CCC1CCN(CC3(NC(=O)OC(C)(C)C)CCCC3)C[C@@H]1CO2. The van der Waals surface area contributed by atoms with Gasteiger partial charge in [0.25, 0.3) is 5.95 Å². The van der Waals surface area contributed by atoms with Gasteiger partial charge in [0.2, 0.25) is 5.88 Å². The number of hydrogen-bond acceptors (Lipinski definition) is 8. The van der Waals surface area contributed by atoms with E-state index < -0.39 is 17.0 Å². The molecule has 2 aliphatic heterocycles. The van der Waals surface area contributed by atoms with Crippen molar-refractivity contribution < 1.29 is 18.8 Å². The number of ether oxygens (including phenoxy) is 2. The fourth-order valence-electron chi connectivity index (χ4n) is 7.58. The molecule has 3 atom stereocenters. The second-order valence-corrected chi connectivity index (χ2v) is 15.9. The number of benzene rings is 2. The summed E-state index contributed by atoms with van der Waals surface area (Å²) < 4.78 is 28.7. The molecule has 2 N–H and O–H groups in total. The van der Waals surface area contributed by atoms with Crippen molar-refractivity contribution in [1.82, 2.24) is 20.2 Å². The van der Waals surface area contributed by atoms with Crippen LogP contribution < -0.4 is 14.8 Å². The van der Waals surface area contributed by atoms with E-state index in [1.165, 1.54) is 5.56 Å². The molecule has 9 nitrogen and oxygen atoms in total. The molecule has 1 saturated heterocycles. The maximum Gasteiger partial charge on any atom is 0.408 e. The van der Waals surface area contributed by atoms with E-state index >= 15 is 0 Å². The summed E-state index contributed by atoms with van der Waals surface area (Å²) in [7, 11) is 0. The van der Waals surface area contributed by atoms with Gasteiger partial charge in [-0.2, -0.15) is 9.71 Å². The zero-order chi connectivity index (χ0) is 33.2. The number of amides is 1. The van der Waals surface area contributed by atoms with Gasteiger partial charge in [-0.1, -0.05) is 43.2 Å². The van der Waals surface area contributed by atoms with Gasteiger partial charge in [0.15, 0.2) is 4.90 Å². The smallest absolute Gasteiger partial charge is 0.408 e. The molecule has 3 aliphatic rings. The predicted octanol–water partition coefficient (Wildman–Crippen LogP) is 7.00. The van der Waals surface area contributed by atoms with Crippen molar-refractivity contribution in [3.8, 4) is 17.1 Å². The van der Waals surface area contributed by atoms with Crippen LogP contribution in [0.15, 0.2) is 53.4 Å². The lowest BCUT2D eigenvalue weighted by atomic mass is 9.81. The minimum atomic E-state index is -1.52. The molecule has 1 amide bonds. The summed E-state index contributed by atoms with van der Waals surface area (Å²) >= 11 is -1.52. The Balaban J connectivity index is 1.27. The minimum Gasteiger partial charge on any atom is -0.588 e. The van der Waals surface area contributed by atoms with Crippen LogP contribution >= 0.6 is 0 Å². The zero-order valence-corrected chi connectivity index (χ0v) is 29.3. The second-order valence-electron chi connectivity index (χ2n) is 14.7. The normalized spacial score (nSPS) is 23.1. The van der Waals surface area contributed by atoms with Crippen LogP contribution in [0, 0.1) is 25.7 Å². The highest BCUT2D eigenvalue weighted by Crippen LogP contribution is 2.36. The number of alkyl carbamates (subject to hydrolysis) is 1. The molecular formula is C37H49N5O4S. The molecule has 3 aromatic rings. The lowest BCUT2D eigenvalue weighted by Crippen LogP contribution is -2.57. The molecule has 0 radical (unpaired) electrons. The van der Waals surface area contributed by atoms with E-state index in [-0.39, 0.29) is 23.5 Å². The number of aromatic nitrogens is 2. The Bertz CT molecular complexity index is 1550. The van der Waals surface area contributed by atoms with Crippen LogP contribution in [0.25, 0.3) is 11.3 Å². The van der Waals surface area contributed by atoms with Gasteiger partial charge in [-0.25, -0.2) is 9.78 Å². The van der Waals surface area contributed by atoms with Crippen molar-refractivity contribution in [2.75, 3.05) is 31.0 Å². The first-order valence-corrected chi connectivity index (χ1v) is 18.2. The van der Waals surface area contributed by atoms with Crippen molar-refractivity contribution >= 4 is 23.4 Å². The van der Waals surface area contributed by atoms with Crippen molar-refractivity contribution in [2.24, 2.45) is 11.8 Å². The van der Waals surface area contributed by atoms with Crippen LogP contribution in [0.4, 0.5) is 10.7 Å². The van der Waals surface area contributed by atoms with Crippen LogP contribution in [0.2, 0.25) is 0 Å². The Labute approximate surface area is 282 Å². The first kappa shape index (κ1) is 33.6. The maximum absolute atomic E-state index is 13.4. The quantitative estimate of drug-likeness (QED) is 0.288. The highest BCUT2D eigenvalue weighted by molar-refractivity contribution is 7.92. The molecule has 4 bridgehead atoms. The highest BCUT2D eigenvalue weighted by atomic mass is 32.2. The minimum absolute atomic E-state index is 0.277. The predicted molar refractivity (Wildman–Crippen MR) is 186 cm³/mol. The van der Waals surface area contributed by atoms with Crippen LogP contribution in [-0.2, 0) is 22.5 Å². The molecule has 1 aliphatic carbocycles. The Hall–Kier alpha value is -3.34. The Morgan fingerprint density at radius 2 is 1.83 bits per heavy atom. The number of carbonyl (C=O) groups excluding carboxylic acids is 1. The third kappa shape index (κ3) is 8.39. The molecule has 2 fully saturated rings. The Morgan fingerprint density at radius 3 is 2.57 bits per heavy atom. The fraction of sp³-hybridized carbons (Fsp3) is 0.541. The number of hydrogen-bond donors (Lipinski definition) is 2. The molecule has 1 aromatic heterocycles. The summed E-state index contributed by atoms with van der Waals surface area (Å²) in [5, 5.41) is 3.30. The van der Waals surface area contributed by atoms with Crippen molar-refractivity contribution in [2.45, 2.75) is 95.6 Å². The molecule has 2 aromatic carbocycles. The van der Waals surface area contributed by atoms with Gasteiger partial charge >= 0.3 is 6.09 Å². The van der Waals surface area contributed by atoms with E-state index in [4.69, 9.17) is 19.4 Å². The van der Waals surface area contributed by atoms with E-state index in [1.807, 2.05) is 51.1 Å². The van der Waals surface area contributed by atoms with Gasteiger partial charge in [0.05, 0.1) is 17.8 Å². The number of nitrogens with zero attached hydrogens (tertiary/aromatic N) is 3. The van der Waals surface area contributed by atoms with Crippen molar-refractivity contribution in [3.05, 3.63) is 65.2 Å². The van der Waals surface area contributed by atoms with E-state index in [9.17, 15) is 9.35 Å². The number of likely N-dealkylation sites (tertiary alicyclic amines) is 1. The summed E-state index contributed by atoms with van der Waals surface area (Å²) in [5.74, 6) is 1.48. The topological polar surface area (TPSA) is 112 Å². The van der Waals surface area contributed by atoms with Crippen molar-refractivity contribution in [3.63, 3.8) is 0 Å².